The highest BCUT2D eigenvalue weighted by atomic mass is 79.9. The lowest BCUT2D eigenvalue weighted by atomic mass is 10.1. The van der Waals surface area contributed by atoms with Gasteiger partial charge in [-0.05, 0) is 60.1 Å². The number of pyridine rings is 1. The largest absolute Gasteiger partial charge is 0.433 e. The van der Waals surface area contributed by atoms with Gasteiger partial charge in [0, 0.05) is 35.3 Å². The molecule has 2 aromatic rings. The van der Waals surface area contributed by atoms with Gasteiger partial charge in [0.2, 0.25) is 0 Å². The fourth-order valence-corrected chi connectivity index (χ4v) is 3.83. The Morgan fingerprint density at radius 3 is 2.53 bits per heavy atom. The van der Waals surface area contributed by atoms with Crippen LogP contribution in [0.3, 0.4) is 0 Å². The lowest BCUT2D eigenvalue weighted by molar-refractivity contribution is -0.141. The zero-order valence-corrected chi connectivity index (χ0v) is 17.8. The molecule has 1 aromatic carbocycles. The molecule has 1 fully saturated rings. The molecule has 2 atom stereocenters. The summed E-state index contributed by atoms with van der Waals surface area (Å²) in [5.74, 6) is 0. The maximum atomic E-state index is 12.7. The van der Waals surface area contributed by atoms with E-state index in [9.17, 15) is 18.0 Å². The van der Waals surface area contributed by atoms with Gasteiger partial charge in [-0.1, -0.05) is 0 Å². The van der Waals surface area contributed by atoms with E-state index in [1.807, 2.05) is 26.0 Å². The highest BCUT2D eigenvalue weighted by Gasteiger charge is 2.34. The van der Waals surface area contributed by atoms with Crippen LogP contribution in [0.15, 0.2) is 41.0 Å². The van der Waals surface area contributed by atoms with E-state index >= 15 is 0 Å². The molecule has 0 bridgehead atoms. The Balaban J connectivity index is 1.68. The predicted molar refractivity (Wildman–Crippen MR) is 110 cm³/mol. The van der Waals surface area contributed by atoms with Crippen LogP contribution in [0.2, 0.25) is 0 Å². The molecule has 0 unspecified atom stereocenters. The van der Waals surface area contributed by atoms with Gasteiger partial charge in [0.05, 0.1) is 17.4 Å². The third-order valence-electron chi connectivity index (χ3n) is 4.96. The van der Waals surface area contributed by atoms with Crippen molar-refractivity contribution in [2.45, 2.75) is 32.1 Å². The first-order valence-electron chi connectivity index (χ1n) is 9.17. The summed E-state index contributed by atoms with van der Waals surface area (Å²) in [6, 6.07) is 9.09. The molecule has 1 aromatic heterocycles. The number of rotatable bonds is 2. The summed E-state index contributed by atoms with van der Waals surface area (Å²) in [6.45, 7) is 4.89. The Hall–Kier alpha value is -2.80. The van der Waals surface area contributed by atoms with Gasteiger partial charge in [-0.2, -0.15) is 18.4 Å². The first kappa shape index (κ1) is 21.9. The first-order valence-corrected chi connectivity index (χ1v) is 9.96. The van der Waals surface area contributed by atoms with E-state index in [4.69, 9.17) is 5.26 Å². The van der Waals surface area contributed by atoms with E-state index in [1.54, 1.807) is 11.0 Å². The fourth-order valence-electron chi connectivity index (χ4n) is 3.37. The van der Waals surface area contributed by atoms with Crippen molar-refractivity contribution in [2.24, 2.45) is 0 Å². The van der Waals surface area contributed by atoms with Gasteiger partial charge >= 0.3 is 12.2 Å². The number of nitrogens with zero attached hydrogens (tertiary/aromatic N) is 4. The number of halogens is 4. The number of hydrogen-bond acceptors (Lipinski definition) is 4. The molecule has 0 saturated carbocycles. The van der Waals surface area contributed by atoms with Crippen LogP contribution in [0.1, 0.15) is 25.1 Å². The van der Waals surface area contributed by atoms with E-state index in [2.05, 4.69) is 37.2 Å². The summed E-state index contributed by atoms with van der Waals surface area (Å²) < 4.78 is 38.6. The van der Waals surface area contributed by atoms with Crippen LogP contribution in [0.5, 0.6) is 0 Å². The molecule has 1 aliphatic heterocycles. The summed E-state index contributed by atoms with van der Waals surface area (Å²) in [5.41, 5.74) is 0.672. The molecule has 0 radical (unpaired) electrons. The van der Waals surface area contributed by atoms with E-state index < -0.39 is 17.9 Å². The number of urea groups is 1. The Kier molecular flexibility index (Phi) is 6.22. The lowest BCUT2D eigenvalue weighted by Crippen LogP contribution is -2.59. The van der Waals surface area contributed by atoms with Gasteiger partial charge in [-0.3, -0.25) is 0 Å². The topological polar surface area (TPSA) is 72.3 Å². The lowest BCUT2D eigenvalue weighted by Gasteiger charge is -2.45. The number of benzene rings is 1. The minimum Gasteiger partial charge on any atom is -0.365 e. The minimum absolute atomic E-state index is 0.00230. The molecule has 1 aliphatic rings. The van der Waals surface area contributed by atoms with Crippen LogP contribution < -0.4 is 10.2 Å². The van der Waals surface area contributed by atoms with Crippen LogP contribution in [0.25, 0.3) is 0 Å². The number of carbonyl (C=O) groups excluding carboxylic acids is 1. The molecule has 1 saturated heterocycles. The molecular formula is C20H19BrF3N5O. The molecule has 1 N–H and O–H groups in total. The number of nitriles is 1. The Morgan fingerprint density at radius 2 is 1.97 bits per heavy atom. The van der Waals surface area contributed by atoms with E-state index in [0.29, 0.717) is 23.1 Å². The zero-order chi connectivity index (χ0) is 22.1. The predicted octanol–water partition coefficient (Wildman–Crippen LogP) is 4.87. The van der Waals surface area contributed by atoms with Gasteiger partial charge in [-0.15, -0.1) is 0 Å². The number of nitrogens with one attached hydrogen (secondary N) is 1. The second-order valence-corrected chi connectivity index (χ2v) is 7.99. The Bertz CT molecular complexity index is 974. The van der Waals surface area contributed by atoms with Gasteiger partial charge in [0.25, 0.3) is 0 Å². The third-order valence-corrected chi connectivity index (χ3v) is 5.61. The molecule has 2 heterocycles. The van der Waals surface area contributed by atoms with Crippen molar-refractivity contribution in [1.82, 2.24) is 9.88 Å². The number of aromatic nitrogens is 1. The van der Waals surface area contributed by atoms with E-state index in [-0.39, 0.29) is 17.8 Å². The smallest absolute Gasteiger partial charge is 0.365 e. The quantitative estimate of drug-likeness (QED) is 0.664. The first-order chi connectivity index (χ1) is 14.1. The summed E-state index contributed by atoms with van der Waals surface area (Å²) in [4.78, 5) is 19.9. The second-order valence-electron chi connectivity index (χ2n) is 7.14. The molecule has 3 rings (SSSR count). The van der Waals surface area contributed by atoms with E-state index in [1.165, 1.54) is 6.07 Å². The summed E-state index contributed by atoms with van der Waals surface area (Å²) in [5, 5.41) is 11.7. The summed E-state index contributed by atoms with van der Waals surface area (Å²) >= 11 is 3.40. The van der Waals surface area contributed by atoms with Crippen molar-refractivity contribution in [1.29, 1.82) is 5.26 Å². The van der Waals surface area contributed by atoms with Crippen molar-refractivity contribution in [3.05, 3.63) is 52.3 Å². The van der Waals surface area contributed by atoms with Crippen LogP contribution in [0, 0.1) is 11.3 Å². The van der Waals surface area contributed by atoms with Crippen molar-refractivity contribution < 1.29 is 18.0 Å². The Morgan fingerprint density at radius 1 is 1.23 bits per heavy atom. The number of alkyl halides is 3. The van der Waals surface area contributed by atoms with Gasteiger partial charge in [0.15, 0.2) is 0 Å². The number of hydrogen-bond donors (Lipinski definition) is 1. The zero-order valence-electron chi connectivity index (χ0n) is 16.2. The second kappa shape index (κ2) is 8.52. The van der Waals surface area contributed by atoms with Gasteiger partial charge < -0.3 is 15.1 Å². The number of amides is 2. The SMILES string of the molecule is C[C@@H]1CN(c2ccc(C#N)c(Br)c2)[C@@H](C)CN1C(=O)Nc1ccc(C(F)(F)F)nc1. The number of carbonyl (C=O) groups is 1. The molecule has 2 amide bonds. The number of anilines is 2. The van der Waals surface area contributed by atoms with Crippen LogP contribution in [0.4, 0.5) is 29.3 Å². The average molecular weight is 482 g/mol. The third kappa shape index (κ3) is 4.67. The summed E-state index contributed by atoms with van der Waals surface area (Å²) in [6.07, 6.45) is -3.53. The average Bonchev–Trinajstić information content (AvgIpc) is 2.69. The highest BCUT2D eigenvalue weighted by molar-refractivity contribution is 9.10. The van der Waals surface area contributed by atoms with E-state index in [0.717, 1.165) is 18.0 Å². The minimum atomic E-state index is -4.52. The molecule has 0 aliphatic carbocycles. The maximum Gasteiger partial charge on any atom is 0.433 e. The van der Waals surface area contributed by atoms with Crippen LogP contribution in [-0.2, 0) is 6.18 Å². The highest BCUT2D eigenvalue weighted by Crippen LogP contribution is 2.29. The molecule has 158 valence electrons. The molecular weight excluding hydrogens is 463 g/mol. The van der Waals surface area contributed by atoms with Crippen molar-refractivity contribution in [3.8, 4) is 6.07 Å². The molecule has 6 nitrogen and oxygen atoms in total. The monoisotopic (exact) mass is 481 g/mol. The summed E-state index contributed by atoms with van der Waals surface area (Å²) in [7, 11) is 0. The van der Waals surface area contributed by atoms with Crippen LogP contribution >= 0.6 is 15.9 Å². The standard InChI is InChI=1S/C20H19BrF3N5O/c1-12-11-29(19(30)27-15-4-6-18(26-9-15)20(22,23)24)13(2)10-28(12)16-5-3-14(8-25)17(21)7-16/h3-7,9,12-13H,10-11H2,1-2H3,(H,27,30)/t12-,13+/m0/s1. The molecule has 30 heavy (non-hydrogen) atoms. The molecule has 10 heteroatoms. The fraction of sp³-hybridized carbons (Fsp3) is 0.350. The van der Waals surface area contributed by atoms with Crippen molar-refractivity contribution in [2.75, 3.05) is 23.3 Å². The van der Waals surface area contributed by atoms with Crippen LogP contribution in [-0.4, -0.2) is 41.1 Å². The van der Waals surface area contributed by atoms with Crippen molar-refractivity contribution >= 4 is 33.3 Å². The number of piperazine rings is 1. The normalized spacial score (nSPS) is 19.4. The molecule has 0 spiro atoms. The van der Waals surface area contributed by atoms with Gasteiger partial charge in [0.1, 0.15) is 11.8 Å². The van der Waals surface area contributed by atoms with Crippen molar-refractivity contribution in [3.63, 3.8) is 0 Å². The Labute approximate surface area is 180 Å². The maximum absolute atomic E-state index is 12.7. The van der Waals surface area contributed by atoms with Gasteiger partial charge in [-0.25, -0.2) is 9.78 Å².